The van der Waals surface area contributed by atoms with E-state index in [-0.39, 0.29) is 5.41 Å². The van der Waals surface area contributed by atoms with E-state index in [0.29, 0.717) is 5.82 Å². The Morgan fingerprint density at radius 2 is 0.947 bits per heavy atom. The molecule has 1 aliphatic rings. The minimum Gasteiger partial charge on any atom is -0.228 e. The molecule has 2 aromatic heterocycles. The smallest absolute Gasteiger partial charge is 0.160 e. The van der Waals surface area contributed by atoms with Gasteiger partial charge in [-0.25, -0.2) is 9.97 Å². The van der Waals surface area contributed by atoms with Crippen molar-refractivity contribution in [2.45, 2.75) is 12.3 Å². The van der Waals surface area contributed by atoms with E-state index in [0.717, 1.165) is 28.1 Å². The zero-order valence-electron chi connectivity index (χ0n) is 31.4. The zero-order chi connectivity index (χ0) is 37.9. The molecular weight excluding hydrogens is 709 g/mol. The third kappa shape index (κ3) is 5.62. The maximum absolute atomic E-state index is 5.16. The molecule has 10 aromatic rings. The van der Waals surface area contributed by atoms with Crippen LogP contribution in [-0.4, -0.2) is 9.97 Å². The molecular formula is C54H36N2S. The van der Waals surface area contributed by atoms with Gasteiger partial charge in [-0.1, -0.05) is 170 Å². The van der Waals surface area contributed by atoms with Crippen molar-refractivity contribution in [2.75, 3.05) is 0 Å². The third-order valence-electron chi connectivity index (χ3n) is 11.8. The summed E-state index contributed by atoms with van der Waals surface area (Å²) in [4.78, 5) is 10.3. The average molecular weight is 745 g/mol. The van der Waals surface area contributed by atoms with Crippen LogP contribution in [0, 0.1) is 0 Å². The molecule has 2 heterocycles. The number of hydrogen-bond acceptors (Lipinski definition) is 3. The van der Waals surface area contributed by atoms with Crippen LogP contribution in [0.15, 0.2) is 200 Å². The highest BCUT2D eigenvalue weighted by Gasteiger charge is 2.40. The van der Waals surface area contributed by atoms with Crippen molar-refractivity contribution in [3.05, 3.63) is 217 Å². The molecule has 8 aromatic carbocycles. The lowest BCUT2D eigenvalue weighted by atomic mass is 9.74. The molecule has 1 aliphatic carbocycles. The van der Waals surface area contributed by atoms with Crippen LogP contribution in [0.3, 0.4) is 0 Å². The fourth-order valence-corrected chi connectivity index (χ4v) is 9.96. The SMILES string of the molecule is CC1(c2ccccc2)c2ccccc2-c2ccc(-c3ccc(-c4cc(-c5cccc(-c6ccc7c(c6)sc6ccccc67)c5)nc(-c5ccccc5)n4)cc3)cc21. The minimum absolute atomic E-state index is 0.239. The lowest BCUT2D eigenvalue weighted by Crippen LogP contribution is -2.22. The molecule has 0 saturated carbocycles. The van der Waals surface area contributed by atoms with Crippen molar-refractivity contribution in [2.24, 2.45) is 0 Å². The summed E-state index contributed by atoms with van der Waals surface area (Å²) in [6.45, 7) is 2.37. The summed E-state index contributed by atoms with van der Waals surface area (Å²) in [5.74, 6) is 0.711. The van der Waals surface area contributed by atoms with Gasteiger partial charge in [-0.05, 0) is 87.3 Å². The Labute approximate surface area is 336 Å². The summed E-state index contributed by atoms with van der Waals surface area (Å²) in [6.07, 6.45) is 0. The highest BCUT2D eigenvalue weighted by Crippen LogP contribution is 2.53. The molecule has 11 rings (SSSR count). The van der Waals surface area contributed by atoms with Gasteiger partial charge >= 0.3 is 0 Å². The number of hydrogen-bond donors (Lipinski definition) is 0. The molecule has 1 atom stereocenters. The van der Waals surface area contributed by atoms with Crippen LogP contribution in [-0.2, 0) is 5.41 Å². The predicted octanol–water partition coefficient (Wildman–Crippen LogP) is 14.5. The van der Waals surface area contributed by atoms with Gasteiger partial charge in [0.05, 0.1) is 11.4 Å². The Hall–Kier alpha value is -6.94. The van der Waals surface area contributed by atoms with E-state index in [4.69, 9.17) is 9.97 Å². The van der Waals surface area contributed by atoms with E-state index in [9.17, 15) is 0 Å². The van der Waals surface area contributed by atoms with Crippen LogP contribution in [0.4, 0.5) is 0 Å². The van der Waals surface area contributed by atoms with Crippen LogP contribution in [0.5, 0.6) is 0 Å². The molecule has 0 bridgehead atoms. The average Bonchev–Trinajstić information content (AvgIpc) is 3.79. The highest BCUT2D eigenvalue weighted by atomic mass is 32.1. The van der Waals surface area contributed by atoms with Crippen molar-refractivity contribution in [1.29, 1.82) is 0 Å². The van der Waals surface area contributed by atoms with Crippen LogP contribution in [0.25, 0.3) is 87.5 Å². The molecule has 0 N–H and O–H groups in total. The number of thiophene rings is 1. The Kier molecular flexibility index (Phi) is 7.84. The quantitative estimate of drug-likeness (QED) is 0.169. The molecule has 0 radical (unpaired) electrons. The normalized spacial score (nSPS) is 14.5. The van der Waals surface area contributed by atoms with Crippen molar-refractivity contribution in [3.63, 3.8) is 0 Å². The van der Waals surface area contributed by atoms with E-state index < -0.39 is 0 Å². The van der Waals surface area contributed by atoms with Gasteiger partial charge in [-0.15, -0.1) is 11.3 Å². The summed E-state index contributed by atoms with van der Waals surface area (Å²) in [7, 11) is 0. The Bertz CT molecular complexity index is 3130. The first-order valence-electron chi connectivity index (χ1n) is 19.5. The van der Waals surface area contributed by atoms with E-state index in [1.165, 1.54) is 70.2 Å². The Morgan fingerprint density at radius 3 is 1.79 bits per heavy atom. The summed E-state index contributed by atoms with van der Waals surface area (Å²) >= 11 is 1.85. The van der Waals surface area contributed by atoms with Gasteiger partial charge in [0.25, 0.3) is 0 Å². The molecule has 1 unspecified atom stereocenters. The monoisotopic (exact) mass is 744 g/mol. The molecule has 0 saturated heterocycles. The lowest BCUT2D eigenvalue weighted by molar-refractivity contribution is 0.714. The molecule has 2 nitrogen and oxygen atoms in total. The first-order valence-corrected chi connectivity index (χ1v) is 20.3. The summed E-state index contributed by atoms with van der Waals surface area (Å²) < 4.78 is 2.62. The van der Waals surface area contributed by atoms with Gasteiger partial charge in [0.15, 0.2) is 5.82 Å². The van der Waals surface area contributed by atoms with Crippen molar-refractivity contribution < 1.29 is 0 Å². The minimum atomic E-state index is -0.239. The standard InChI is InChI=1S/C54H36N2S/c1-54(42-17-6-3-7-18-42)47-21-10-8-19-43(47)44-29-27-39(32-48(44)54)35-23-25-36(26-24-35)49-34-50(56-53(55-49)37-13-4-2-5-14-37)41-16-12-15-38(31-41)40-28-30-46-45-20-9-11-22-51(45)57-52(46)33-40/h2-34H,1H3. The second kappa shape index (κ2) is 13.4. The maximum atomic E-state index is 5.16. The molecule has 3 heteroatoms. The van der Waals surface area contributed by atoms with Crippen molar-refractivity contribution in [3.8, 4) is 67.3 Å². The first kappa shape index (κ1) is 33.4. The summed E-state index contributed by atoms with van der Waals surface area (Å²) in [5, 5.41) is 2.62. The van der Waals surface area contributed by atoms with Crippen LogP contribution in [0.1, 0.15) is 23.6 Å². The van der Waals surface area contributed by atoms with Crippen LogP contribution >= 0.6 is 11.3 Å². The van der Waals surface area contributed by atoms with Gasteiger partial charge < -0.3 is 0 Å². The van der Waals surface area contributed by atoms with E-state index in [2.05, 4.69) is 189 Å². The van der Waals surface area contributed by atoms with E-state index in [1.54, 1.807) is 0 Å². The zero-order valence-corrected chi connectivity index (χ0v) is 32.2. The van der Waals surface area contributed by atoms with Gasteiger partial charge in [0.1, 0.15) is 0 Å². The highest BCUT2D eigenvalue weighted by molar-refractivity contribution is 7.25. The van der Waals surface area contributed by atoms with Crippen molar-refractivity contribution in [1.82, 2.24) is 9.97 Å². The van der Waals surface area contributed by atoms with Gasteiger partial charge in [-0.3, -0.25) is 0 Å². The van der Waals surface area contributed by atoms with Gasteiger partial charge in [-0.2, -0.15) is 0 Å². The van der Waals surface area contributed by atoms with Gasteiger partial charge in [0.2, 0.25) is 0 Å². The molecule has 0 amide bonds. The lowest BCUT2D eigenvalue weighted by Gasteiger charge is -2.28. The van der Waals surface area contributed by atoms with Crippen molar-refractivity contribution >= 4 is 31.5 Å². The summed E-state index contributed by atoms with van der Waals surface area (Å²) in [6, 6.07) is 72.3. The topological polar surface area (TPSA) is 25.8 Å². The Balaban J connectivity index is 0.969. The maximum Gasteiger partial charge on any atom is 0.160 e. The van der Waals surface area contributed by atoms with Crippen LogP contribution < -0.4 is 0 Å². The molecule has 268 valence electrons. The molecule has 0 aliphatic heterocycles. The fraction of sp³-hybridized carbons (Fsp3) is 0.0370. The van der Waals surface area contributed by atoms with Crippen LogP contribution in [0.2, 0.25) is 0 Å². The molecule has 0 fully saturated rings. The number of nitrogens with zero attached hydrogens (tertiary/aromatic N) is 2. The van der Waals surface area contributed by atoms with E-state index in [1.807, 2.05) is 29.5 Å². The number of benzene rings is 8. The third-order valence-corrected chi connectivity index (χ3v) is 12.9. The van der Waals surface area contributed by atoms with Gasteiger partial charge in [0, 0.05) is 42.3 Å². The second-order valence-electron chi connectivity index (χ2n) is 15.1. The number of aromatic nitrogens is 2. The second-order valence-corrected chi connectivity index (χ2v) is 16.2. The largest absolute Gasteiger partial charge is 0.228 e. The van der Waals surface area contributed by atoms with E-state index >= 15 is 0 Å². The Morgan fingerprint density at radius 1 is 0.368 bits per heavy atom. The molecule has 57 heavy (non-hydrogen) atoms. The predicted molar refractivity (Wildman–Crippen MR) is 240 cm³/mol. The first-order chi connectivity index (χ1) is 28.1. The molecule has 0 spiro atoms. The fourth-order valence-electron chi connectivity index (χ4n) is 8.81. The summed E-state index contributed by atoms with van der Waals surface area (Å²) in [5.41, 5.74) is 16.0. The number of rotatable bonds is 6. The number of fused-ring (bicyclic) bond motifs is 6.